The van der Waals surface area contributed by atoms with Crippen LogP contribution in [-0.2, 0) is 14.3 Å². The molecule has 8 nitrogen and oxygen atoms in total. The van der Waals surface area contributed by atoms with Crippen LogP contribution in [0.15, 0.2) is 30.3 Å². The van der Waals surface area contributed by atoms with Gasteiger partial charge in [0.05, 0.1) is 30.5 Å². The number of nitrogens with zero attached hydrogens (tertiary/aromatic N) is 4. The van der Waals surface area contributed by atoms with Crippen molar-refractivity contribution in [3.05, 3.63) is 47.3 Å². The Labute approximate surface area is 182 Å². The van der Waals surface area contributed by atoms with Gasteiger partial charge in [-0.15, -0.1) is 0 Å². The molecule has 1 aliphatic heterocycles. The van der Waals surface area contributed by atoms with E-state index in [0.717, 1.165) is 29.9 Å². The predicted octanol–water partition coefficient (Wildman–Crippen LogP) is 2.36. The minimum Gasteiger partial charge on any atom is -0.466 e. The van der Waals surface area contributed by atoms with Crippen molar-refractivity contribution >= 4 is 17.8 Å². The number of likely N-dealkylation sites (tertiary alicyclic amines) is 1. The fourth-order valence-electron chi connectivity index (χ4n) is 3.89. The standard InChI is InChI=1S/C23H30N4O4/c1-5-31-23(30)19-7-6-12-26(14-19)21(28)15-25(4)22(29)18-8-10-20(11-9-18)27-17(3)13-16(2)24-27/h8-11,13,19H,5-7,12,14-15H2,1-4H3. The first-order valence-electron chi connectivity index (χ1n) is 10.6. The van der Waals surface area contributed by atoms with Crippen LogP contribution in [0.4, 0.5) is 0 Å². The summed E-state index contributed by atoms with van der Waals surface area (Å²) in [6, 6.07) is 9.17. The van der Waals surface area contributed by atoms with E-state index >= 15 is 0 Å². The summed E-state index contributed by atoms with van der Waals surface area (Å²) in [5, 5.41) is 4.45. The molecule has 31 heavy (non-hydrogen) atoms. The Kier molecular flexibility index (Phi) is 7.09. The molecule has 1 saturated heterocycles. The zero-order valence-corrected chi connectivity index (χ0v) is 18.6. The van der Waals surface area contributed by atoms with Crippen LogP contribution in [0.25, 0.3) is 5.69 Å². The van der Waals surface area contributed by atoms with E-state index < -0.39 is 0 Å². The lowest BCUT2D eigenvalue weighted by molar-refractivity contribution is -0.151. The lowest BCUT2D eigenvalue weighted by Crippen LogP contribution is -2.47. The second kappa shape index (κ2) is 9.76. The smallest absolute Gasteiger partial charge is 0.310 e. The summed E-state index contributed by atoms with van der Waals surface area (Å²) in [5.74, 6) is -0.941. The normalized spacial score (nSPS) is 16.1. The molecule has 0 spiro atoms. The highest BCUT2D eigenvalue weighted by Gasteiger charge is 2.30. The van der Waals surface area contributed by atoms with Crippen molar-refractivity contribution in [1.82, 2.24) is 19.6 Å². The summed E-state index contributed by atoms with van der Waals surface area (Å²) >= 11 is 0. The number of aromatic nitrogens is 2. The van der Waals surface area contributed by atoms with Gasteiger partial charge in [0.1, 0.15) is 0 Å². The van der Waals surface area contributed by atoms with Crippen LogP contribution in [-0.4, -0.2) is 70.7 Å². The molecular weight excluding hydrogens is 396 g/mol. The predicted molar refractivity (Wildman–Crippen MR) is 116 cm³/mol. The van der Waals surface area contributed by atoms with Crippen molar-refractivity contribution in [1.29, 1.82) is 0 Å². The maximum absolute atomic E-state index is 12.8. The first-order valence-corrected chi connectivity index (χ1v) is 10.6. The fourth-order valence-corrected chi connectivity index (χ4v) is 3.89. The molecule has 2 amide bonds. The Balaban J connectivity index is 1.60. The number of likely N-dealkylation sites (N-methyl/N-ethyl adjacent to an activating group) is 1. The minimum absolute atomic E-state index is 0.0341. The molecular formula is C23H30N4O4. The average Bonchev–Trinajstić information content (AvgIpc) is 3.11. The molecule has 0 aliphatic carbocycles. The Hall–Kier alpha value is -3.16. The van der Waals surface area contributed by atoms with Gasteiger partial charge in [0.15, 0.2) is 0 Å². The maximum atomic E-state index is 12.8. The molecule has 8 heteroatoms. The molecule has 2 aromatic rings. The second-order valence-corrected chi connectivity index (χ2v) is 7.98. The molecule has 1 atom stereocenters. The highest BCUT2D eigenvalue weighted by molar-refractivity contribution is 5.96. The van der Waals surface area contributed by atoms with Crippen LogP contribution >= 0.6 is 0 Å². The summed E-state index contributed by atoms with van der Waals surface area (Å²) in [5.41, 5.74) is 3.32. The lowest BCUT2D eigenvalue weighted by Gasteiger charge is -2.32. The largest absolute Gasteiger partial charge is 0.466 e. The van der Waals surface area contributed by atoms with Crippen molar-refractivity contribution in [3.63, 3.8) is 0 Å². The molecule has 1 aliphatic rings. The zero-order valence-electron chi connectivity index (χ0n) is 18.6. The highest BCUT2D eigenvalue weighted by Crippen LogP contribution is 2.19. The molecule has 0 N–H and O–H groups in total. The number of rotatable bonds is 6. The summed E-state index contributed by atoms with van der Waals surface area (Å²) in [6.07, 6.45) is 1.47. The van der Waals surface area contributed by atoms with E-state index in [1.54, 1.807) is 31.0 Å². The van der Waals surface area contributed by atoms with E-state index in [-0.39, 0.29) is 30.2 Å². The average molecular weight is 427 g/mol. The van der Waals surface area contributed by atoms with Gasteiger partial charge in [0, 0.05) is 31.4 Å². The number of carbonyl (C=O) groups excluding carboxylic acids is 3. The topological polar surface area (TPSA) is 84.7 Å². The number of hydrogen-bond acceptors (Lipinski definition) is 5. The van der Waals surface area contributed by atoms with E-state index in [1.807, 2.05) is 36.7 Å². The van der Waals surface area contributed by atoms with Gasteiger partial charge in [-0.05, 0) is 63.9 Å². The molecule has 0 bridgehead atoms. The van der Waals surface area contributed by atoms with Gasteiger partial charge < -0.3 is 14.5 Å². The van der Waals surface area contributed by atoms with Gasteiger partial charge >= 0.3 is 5.97 Å². The van der Waals surface area contributed by atoms with Gasteiger partial charge in [0.2, 0.25) is 5.91 Å². The van der Waals surface area contributed by atoms with Crippen LogP contribution < -0.4 is 0 Å². The van der Waals surface area contributed by atoms with Gasteiger partial charge in [-0.1, -0.05) is 0 Å². The van der Waals surface area contributed by atoms with Crippen LogP contribution in [0.1, 0.15) is 41.5 Å². The third kappa shape index (κ3) is 5.31. The number of ether oxygens (including phenoxy) is 1. The summed E-state index contributed by atoms with van der Waals surface area (Å²) in [4.78, 5) is 40.6. The third-order valence-electron chi connectivity index (χ3n) is 5.48. The fraction of sp³-hybridized carbons (Fsp3) is 0.478. The molecule has 1 unspecified atom stereocenters. The van der Waals surface area contributed by atoms with Crippen molar-refractivity contribution in [3.8, 4) is 5.69 Å². The van der Waals surface area contributed by atoms with Crippen LogP contribution in [0, 0.1) is 19.8 Å². The van der Waals surface area contributed by atoms with E-state index in [0.29, 0.717) is 25.3 Å². The van der Waals surface area contributed by atoms with Crippen molar-refractivity contribution in [2.24, 2.45) is 5.92 Å². The van der Waals surface area contributed by atoms with Gasteiger partial charge in [-0.2, -0.15) is 5.10 Å². The first kappa shape index (κ1) is 22.5. The molecule has 0 saturated carbocycles. The third-order valence-corrected chi connectivity index (χ3v) is 5.48. The minimum atomic E-state index is -0.291. The van der Waals surface area contributed by atoms with Crippen LogP contribution in [0.3, 0.4) is 0 Å². The van der Waals surface area contributed by atoms with Crippen molar-refractivity contribution in [2.75, 3.05) is 33.3 Å². The molecule has 1 aromatic heterocycles. The maximum Gasteiger partial charge on any atom is 0.310 e. The first-order chi connectivity index (χ1) is 14.8. The molecule has 166 valence electrons. The molecule has 1 aromatic carbocycles. The number of carbonyl (C=O) groups is 3. The monoisotopic (exact) mass is 426 g/mol. The quantitative estimate of drug-likeness (QED) is 0.662. The SMILES string of the molecule is CCOC(=O)C1CCCN(C(=O)CN(C)C(=O)c2ccc(-n3nc(C)cc3C)cc2)C1. The van der Waals surface area contributed by atoms with Crippen molar-refractivity contribution in [2.45, 2.75) is 33.6 Å². The highest BCUT2D eigenvalue weighted by atomic mass is 16.5. The molecule has 2 heterocycles. The van der Waals surface area contributed by atoms with E-state index in [1.165, 1.54) is 4.90 Å². The molecule has 1 fully saturated rings. The number of aryl methyl sites for hydroxylation is 2. The van der Waals surface area contributed by atoms with Crippen LogP contribution in [0.2, 0.25) is 0 Å². The lowest BCUT2D eigenvalue weighted by atomic mass is 9.98. The van der Waals surface area contributed by atoms with Gasteiger partial charge in [-0.3, -0.25) is 14.4 Å². The summed E-state index contributed by atoms with van der Waals surface area (Å²) in [6.45, 7) is 6.92. The van der Waals surface area contributed by atoms with Crippen molar-refractivity contribution < 1.29 is 19.1 Å². The number of piperidine rings is 1. The molecule has 0 radical (unpaired) electrons. The Morgan fingerprint density at radius 1 is 1.19 bits per heavy atom. The number of amides is 2. The number of benzene rings is 1. The zero-order chi connectivity index (χ0) is 22.5. The van der Waals surface area contributed by atoms with Crippen LogP contribution in [0.5, 0.6) is 0 Å². The summed E-state index contributed by atoms with van der Waals surface area (Å²) < 4.78 is 6.92. The molecule has 3 rings (SSSR count). The summed E-state index contributed by atoms with van der Waals surface area (Å²) in [7, 11) is 1.61. The second-order valence-electron chi connectivity index (χ2n) is 7.98. The number of esters is 1. The van der Waals surface area contributed by atoms with E-state index in [4.69, 9.17) is 4.74 Å². The Morgan fingerprint density at radius 3 is 2.52 bits per heavy atom. The van der Waals surface area contributed by atoms with Gasteiger partial charge in [0.25, 0.3) is 5.91 Å². The Morgan fingerprint density at radius 2 is 1.90 bits per heavy atom. The Bertz CT molecular complexity index is 951. The van der Waals surface area contributed by atoms with E-state index in [9.17, 15) is 14.4 Å². The number of hydrogen-bond donors (Lipinski definition) is 0. The van der Waals surface area contributed by atoms with E-state index in [2.05, 4.69) is 5.10 Å². The van der Waals surface area contributed by atoms with Gasteiger partial charge in [-0.25, -0.2) is 4.68 Å².